The lowest BCUT2D eigenvalue weighted by Crippen LogP contribution is -2.27. The lowest BCUT2D eigenvalue weighted by atomic mass is 10.1. The van der Waals surface area contributed by atoms with Crippen LogP contribution in [0.4, 0.5) is 0 Å². The third-order valence-electron chi connectivity index (χ3n) is 4.44. The predicted molar refractivity (Wildman–Crippen MR) is 126 cm³/mol. The molecule has 0 aromatic rings. The molecule has 0 heterocycles. The van der Waals surface area contributed by atoms with Crippen LogP contribution in [0.2, 0.25) is 0 Å². The SMILES string of the molecule is C=C(C)C(=O)NCCCN(C)C.CCCCCCCCCCCCCCBr. The predicted octanol–water partition coefficient (Wildman–Crippen LogP) is 6.71. The largest absolute Gasteiger partial charge is 0.352 e. The van der Waals surface area contributed by atoms with Crippen LogP contribution in [0.3, 0.4) is 0 Å². The fourth-order valence-corrected chi connectivity index (χ4v) is 3.08. The summed E-state index contributed by atoms with van der Waals surface area (Å²) in [6, 6.07) is 0. The van der Waals surface area contributed by atoms with Gasteiger partial charge in [-0.1, -0.05) is 100 Å². The summed E-state index contributed by atoms with van der Waals surface area (Å²) in [7, 11) is 4.03. The van der Waals surface area contributed by atoms with Gasteiger partial charge in [0.05, 0.1) is 0 Å². The van der Waals surface area contributed by atoms with Crippen molar-refractivity contribution in [2.45, 2.75) is 97.3 Å². The van der Waals surface area contributed by atoms with Crippen LogP contribution in [0.25, 0.3) is 0 Å². The van der Waals surface area contributed by atoms with E-state index >= 15 is 0 Å². The Hall–Kier alpha value is -0.350. The van der Waals surface area contributed by atoms with Crippen molar-refractivity contribution in [1.82, 2.24) is 10.2 Å². The molecule has 0 saturated carbocycles. The number of nitrogens with one attached hydrogen (secondary N) is 1. The number of hydrogen-bond acceptors (Lipinski definition) is 2. The zero-order chi connectivity index (χ0) is 20.8. The first-order chi connectivity index (χ1) is 13.0. The quantitative estimate of drug-likeness (QED) is 0.153. The molecule has 0 atom stereocenters. The van der Waals surface area contributed by atoms with Crippen LogP contribution in [-0.2, 0) is 4.79 Å². The highest BCUT2D eigenvalue weighted by atomic mass is 79.9. The lowest BCUT2D eigenvalue weighted by Gasteiger charge is -2.09. The van der Waals surface area contributed by atoms with Crippen molar-refractivity contribution < 1.29 is 4.79 Å². The molecule has 0 fully saturated rings. The average Bonchev–Trinajstić information content (AvgIpc) is 2.63. The van der Waals surface area contributed by atoms with Gasteiger partial charge in [-0.3, -0.25) is 4.79 Å². The Labute approximate surface area is 178 Å². The van der Waals surface area contributed by atoms with Crippen LogP contribution in [0.1, 0.15) is 97.3 Å². The van der Waals surface area contributed by atoms with E-state index in [1.165, 1.54) is 82.4 Å². The van der Waals surface area contributed by atoms with Crippen LogP contribution in [0, 0.1) is 0 Å². The summed E-state index contributed by atoms with van der Waals surface area (Å²) in [5.41, 5.74) is 0.569. The van der Waals surface area contributed by atoms with Gasteiger partial charge in [-0.2, -0.15) is 0 Å². The maximum absolute atomic E-state index is 11.0. The van der Waals surface area contributed by atoms with Gasteiger partial charge in [-0.15, -0.1) is 0 Å². The maximum Gasteiger partial charge on any atom is 0.246 e. The van der Waals surface area contributed by atoms with E-state index in [1.54, 1.807) is 6.92 Å². The van der Waals surface area contributed by atoms with Gasteiger partial charge in [0.15, 0.2) is 0 Å². The Kier molecular flexibility index (Phi) is 25.3. The molecule has 0 aliphatic heterocycles. The Bertz CT molecular complexity index is 320. The highest BCUT2D eigenvalue weighted by Gasteiger charge is 1.99. The van der Waals surface area contributed by atoms with E-state index in [2.05, 4.69) is 39.6 Å². The van der Waals surface area contributed by atoms with Gasteiger partial charge in [0.1, 0.15) is 0 Å². The van der Waals surface area contributed by atoms with Crippen molar-refractivity contribution in [3.63, 3.8) is 0 Å². The molecule has 1 amide bonds. The molecule has 0 aliphatic rings. The topological polar surface area (TPSA) is 32.3 Å². The van der Waals surface area contributed by atoms with Gasteiger partial charge in [-0.25, -0.2) is 0 Å². The summed E-state index contributed by atoms with van der Waals surface area (Å²) >= 11 is 3.47. The van der Waals surface area contributed by atoms with E-state index in [1.807, 2.05) is 14.1 Å². The number of alkyl halides is 1. The van der Waals surface area contributed by atoms with E-state index in [4.69, 9.17) is 0 Å². The van der Waals surface area contributed by atoms with E-state index in [-0.39, 0.29) is 5.91 Å². The van der Waals surface area contributed by atoms with Gasteiger partial charge in [-0.05, 0) is 40.4 Å². The minimum atomic E-state index is -0.0474. The molecule has 4 heteroatoms. The third-order valence-corrected chi connectivity index (χ3v) is 5.00. The van der Waals surface area contributed by atoms with Crippen molar-refractivity contribution in [2.24, 2.45) is 0 Å². The smallest absolute Gasteiger partial charge is 0.246 e. The Morgan fingerprint density at radius 2 is 1.30 bits per heavy atom. The molecule has 0 aliphatic carbocycles. The Morgan fingerprint density at radius 3 is 1.67 bits per heavy atom. The second-order valence-electron chi connectivity index (χ2n) is 7.77. The molecule has 0 rings (SSSR count). The number of amides is 1. The number of unbranched alkanes of at least 4 members (excludes halogenated alkanes) is 11. The van der Waals surface area contributed by atoms with Crippen molar-refractivity contribution >= 4 is 21.8 Å². The van der Waals surface area contributed by atoms with Gasteiger partial charge in [0.25, 0.3) is 0 Å². The van der Waals surface area contributed by atoms with E-state index < -0.39 is 0 Å². The lowest BCUT2D eigenvalue weighted by molar-refractivity contribution is -0.117. The summed E-state index contributed by atoms with van der Waals surface area (Å²) in [6.45, 7) is 9.26. The highest BCUT2D eigenvalue weighted by molar-refractivity contribution is 9.09. The van der Waals surface area contributed by atoms with Crippen molar-refractivity contribution in [3.8, 4) is 0 Å². The molecule has 3 nitrogen and oxygen atoms in total. The zero-order valence-electron chi connectivity index (χ0n) is 18.8. The van der Waals surface area contributed by atoms with E-state index in [9.17, 15) is 4.79 Å². The van der Waals surface area contributed by atoms with Crippen molar-refractivity contribution in [1.29, 1.82) is 0 Å². The zero-order valence-corrected chi connectivity index (χ0v) is 20.3. The van der Waals surface area contributed by atoms with Gasteiger partial charge < -0.3 is 10.2 Å². The first-order valence-corrected chi connectivity index (χ1v) is 12.2. The Morgan fingerprint density at radius 1 is 0.852 bits per heavy atom. The molecule has 0 bridgehead atoms. The molecule has 0 aromatic carbocycles. The van der Waals surface area contributed by atoms with E-state index in [0.717, 1.165) is 19.5 Å². The first kappa shape index (κ1) is 28.9. The molecule has 0 aromatic heterocycles. The molecule has 0 radical (unpaired) electrons. The minimum Gasteiger partial charge on any atom is -0.352 e. The van der Waals surface area contributed by atoms with Crippen LogP contribution >= 0.6 is 15.9 Å². The fraction of sp³-hybridized carbons (Fsp3) is 0.870. The molecular formula is C23H47BrN2O. The monoisotopic (exact) mass is 446 g/mol. The van der Waals surface area contributed by atoms with Crippen LogP contribution < -0.4 is 5.32 Å². The summed E-state index contributed by atoms with van der Waals surface area (Å²) in [5.74, 6) is -0.0474. The number of rotatable bonds is 17. The molecule has 1 N–H and O–H groups in total. The normalized spacial score (nSPS) is 10.4. The van der Waals surface area contributed by atoms with Crippen molar-refractivity contribution in [3.05, 3.63) is 12.2 Å². The highest BCUT2D eigenvalue weighted by Crippen LogP contribution is 2.12. The summed E-state index contributed by atoms with van der Waals surface area (Å²) in [6.07, 6.45) is 18.3. The second kappa shape index (κ2) is 23.7. The van der Waals surface area contributed by atoms with E-state index in [0.29, 0.717) is 5.57 Å². The molecule has 0 unspecified atom stereocenters. The Balaban J connectivity index is 0. The second-order valence-corrected chi connectivity index (χ2v) is 8.56. The standard InChI is InChI=1S/C14H29Br.C9H18N2O/c1-2-3-4-5-6-7-8-9-10-11-12-13-14-15;1-8(2)9(12)10-6-5-7-11(3)4/h2-14H2,1H3;1,5-7H2,2-4H3,(H,10,12). The third kappa shape index (κ3) is 28.0. The maximum atomic E-state index is 11.0. The number of halogens is 1. The summed E-state index contributed by atoms with van der Waals surface area (Å²) in [4.78, 5) is 13.1. The average molecular weight is 448 g/mol. The summed E-state index contributed by atoms with van der Waals surface area (Å²) in [5, 5.41) is 3.96. The van der Waals surface area contributed by atoms with Crippen LogP contribution in [-0.4, -0.2) is 43.3 Å². The number of carbonyl (C=O) groups excluding carboxylic acids is 1. The number of nitrogens with zero attached hydrogens (tertiary/aromatic N) is 1. The van der Waals surface area contributed by atoms with Crippen LogP contribution in [0.5, 0.6) is 0 Å². The molecular weight excluding hydrogens is 400 g/mol. The van der Waals surface area contributed by atoms with Gasteiger partial charge in [0.2, 0.25) is 5.91 Å². The van der Waals surface area contributed by atoms with Gasteiger partial charge in [0, 0.05) is 17.4 Å². The van der Waals surface area contributed by atoms with Crippen molar-refractivity contribution in [2.75, 3.05) is 32.5 Å². The van der Waals surface area contributed by atoms with Crippen LogP contribution in [0.15, 0.2) is 12.2 Å². The fourth-order valence-electron chi connectivity index (χ4n) is 2.68. The summed E-state index contributed by atoms with van der Waals surface area (Å²) < 4.78 is 0. The minimum absolute atomic E-state index is 0.0474. The number of hydrogen-bond donors (Lipinski definition) is 1. The molecule has 0 spiro atoms. The molecule has 162 valence electrons. The first-order valence-electron chi connectivity index (χ1n) is 11.1. The molecule has 27 heavy (non-hydrogen) atoms. The van der Waals surface area contributed by atoms with Gasteiger partial charge >= 0.3 is 0 Å². The molecule has 0 saturated heterocycles. The number of carbonyl (C=O) groups is 1.